The lowest BCUT2D eigenvalue weighted by atomic mass is 10.2. The van der Waals surface area contributed by atoms with E-state index in [1.54, 1.807) is 0 Å². The van der Waals surface area contributed by atoms with Crippen LogP contribution >= 0.6 is 0 Å². The molecule has 0 aliphatic carbocycles. The van der Waals surface area contributed by atoms with Gasteiger partial charge in [0.15, 0.2) is 5.82 Å². The summed E-state index contributed by atoms with van der Waals surface area (Å²) in [6.45, 7) is 2.05. The van der Waals surface area contributed by atoms with Gasteiger partial charge in [-0.2, -0.15) is 0 Å². The van der Waals surface area contributed by atoms with Crippen LogP contribution in [0.15, 0.2) is 18.5 Å². The molecule has 0 N–H and O–H groups in total. The number of fused-ring (bicyclic) bond motifs is 1. The van der Waals surface area contributed by atoms with Gasteiger partial charge < -0.3 is 9.47 Å². The second kappa shape index (κ2) is 5.42. The largest absolute Gasteiger partial charge is 0.331 e. The summed E-state index contributed by atoms with van der Waals surface area (Å²) in [5.41, 5.74) is 0. The van der Waals surface area contributed by atoms with Gasteiger partial charge in [-0.05, 0) is 31.7 Å². The van der Waals surface area contributed by atoms with E-state index in [4.69, 9.17) is 0 Å². The van der Waals surface area contributed by atoms with Crippen LogP contribution in [0, 0.1) is 0 Å². The molecular weight excluding hydrogens is 264 g/mol. The first-order valence-corrected chi connectivity index (χ1v) is 7.89. The minimum absolute atomic E-state index is 0.270. The van der Waals surface area contributed by atoms with E-state index < -0.39 is 0 Å². The maximum absolute atomic E-state index is 4.51. The molecule has 110 valence electrons. The van der Waals surface area contributed by atoms with Crippen LogP contribution in [-0.2, 0) is 13.0 Å². The molecule has 0 saturated carbocycles. The van der Waals surface area contributed by atoms with E-state index in [1.807, 2.05) is 18.5 Å². The SMILES string of the molecule is c1cnc(N2CCCC2c2nnc3n2CCCCC3)nc1. The summed E-state index contributed by atoms with van der Waals surface area (Å²) >= 11 is 0. The van der Waals surface area contributed by atoms with E-state index in [0.29, 0.717) is 0 Å². The van der Waals surface area contributed by atoms with Gasteiger partial charge in [-0.3, -0.25) is 0 Å². The van der Waals surface area contributed by atoms with Gasteiger partial charge in [0.05, 0.1) is 6.04 Å². The average Bonchev–Trinajstić information content (AvgIpc) is 3.09. The molecule has 0 amide bonds. The van der Waals surface area contributed by atoms with Crippen LogP contribution in [0.5, 0.6) is 0 Å². The summed E-state index contributed by atoms with van der Waals surface area (Å²) in [6, 6.07) is 2.13. The molecule has 4 rings (SSSR count). The highest BCUT2D eigenvalue weighted by Gasteiger charge is 2.32. The molecule has 2 aliphatic heterocycles. The van der Waals surface area contributed by atoms with Crippen molar-refractivity contribution in [3.8, 4) is 0 Å². The third kappa shape index (κ3) is 2.28. The Hall–Kier alpha value is -1.98. The van der Waals surface area contributed by atoms with Crippen molar-refractivity contribution in [3.63, 3.8) is 0 Å². The monoisotopic (exact) mass is 284 g/mol. The normalized spacial score (nSPS) is 22.1. The lowest BCUT2D eigenvalue weighted by Gasteiger charge is -2.24. The number of aryl methyl sites for hydroxylation is 1. The van der Waals surface area contributed by atoms with Crippen molar-refractivity contribution in [2.75, 3.05) is 11.4 Å². The lowest BCUT2D eigenvalue weighted by molar-refractivity contribution is 0.556. The molecule has 2 aromatic heterocycles. The van der Waals surface area contributed by atoms with Crippen molar-refractivity contribution in [2.24, 2.45) is 0 Å². The number of nitrogens with zero attached hydrogens (tertiary/aromatic N) is 6. The van der Waals surface area contributed by atoms with Crippen LogP contribution in [0.1, 0.15) is 49.8 Å². The molecule has 6 heteroatoms. The summed E-state index contributed by atoms with van der Waals surface area (Å²) in [6.07, 6.45) is 10.7. The summed E-state index contributed by atoms with van der Waals surface area (Å²) in [5, 5.41) is 8.95. The van der Waals surface area contributed by atoms with Gasteiger partial charge in [-0.15, -0.1) is 10.2 Å². The first-order valence-electron chi connectivity index (χ1n) is 7.89. The van der Waals surface area contributed by atoms with Gasteiger partial charge in [0.1, 0.15) is 5.82 Å². The smallest absolute Gasteiger partial charge is 0.225 e. The quantitative estimate of drug-likeness (QED) is 0.845. The predicted octanol–water partition coefficient (Wildman–Crippen LogP) is 2.14. The van der Waals surface area contributed by atoms with Crippen molar-refractivity contribution in [2.45, 2.75) is 51.1 Å². The second-order valence-corrected chi connectivity index (χ2v) is 5.84. The zero-order chi connectivity index (χ0) is 14.1. The highest BCUT2D eigenvalue weighted by atomic mass is 15.4. The molecule has 6 nitrogen and oxygen atoms in total. The van der Waals surface area contributed by atoms with Crippen molar-refractivity contribution in [1.29, 1.82) is 0 Å². The number of hydrogen-bond acceptors (Lipinski definition) is 5. The Bertz CT molecular complexity index is 608. The maximum atomic E-state index is 4.51. The fraction of sp³-hybridized carbons (Fsp3) is 0.600. The van der Waals surface area contributed by atoms with E-state index in [2.05, 4.69) is 29.6 Å². The lowest BCUT2D eigenvalue weighted by Crippen LogP contribution is -2.27. The standard InChI is InChI=1S/C15H20N6/c1-2-7-13-18-19-14(21(13)10-3-1)12-6-4-11-20(12)15-16-8-5-9-17-15/h5,8-9,12H,1-4,6-7,10-11H2. The van der Waals surface area contributed by atoms with Crippen LogP contribution in [0.3, 0.4) is 0 Å². The van der Waals surface area contributed by atoms with Crippen LogP contribution in [0.2, 0.25) is 0 Å². The first-order chi connectivity index (χ1) is 10.4. The topological polar surface area (TPSA) is 59.7 Å². The van der Waals surface area contributed by atoms with Crippen molar-refractivity contribution in [3.05, 3.63) is 30.1 Å². The molecule has 0 aromatic carbocycles. The Morgan fingerprint density at radius 3 is 2.76 bits per heavy atom. The highest BCUT2D eigenvalue weighted by Crippen LogP contribution is 2.34. The molecule has 21 heavy (non-hydrogen) atoms. The number of anilines is 1. The third-order valence-electron chi connectivity index (χ3n) is 4.50. The molecule has 1 fully saturated rings. The molecule has 2 aliphatic rings. The van der Waals surface area contributed by atoms with Gasteiger partial charge >= 0.3 is 0 Å². The van der Waals surface area contributed by atoms with Crippen molar-refractivity contribution < 1.29 is 0 Å². The van der Waals surface area contributed by atoms with Gasteiger partial charge in [0.25, 0.3) is 0 Å². The summed E-state index contributed by atoms with van der Waals surface area (Å²) < 4.78 is 2.35. The summed E-state index contributed by atoms with van der Waals surface area (Å²) in [4.78, 5) is 11.1. The molecule has 4 heterocycles. The molecule has 0 bridgehead atoms. The van der Waals surface area contributed by atoms with Crippen molar-refractivity contribution >= 4 is 5.95 Å². The Morgan fingerprint density at radius 2 is 1.86 bits per heavy atom. The third-order valence-corrected chi connectivity index (χ3v) is 4.50. The molecule has 1 atom stereocenters. The van der Waals surface area contributed by atoms with Gasteiger partial charge in [0, 0.05) is 31.9 Å². The average molecular weight is 284 g/mol. The minimum Gasteiger partial charge on any atom is -0.331 e. The molecule has 1 saturated heterocycles. The van der Waals surface area contributed by atoms with E-state index in [1.165, 1.54) is 19.3 Å². The minimum atomic E-state index is 0.270. The van der Waals surface area contributed by atoms with E-state index in [0.717, 1.165) is 49.9 Å². The summed E-state index contributed by atoms with van der Waals surface area (Å²) in [7, 11) is 0. The summed E-state index contributed by atoms with van der Waals surface area (Å²) in [5.74, 6) is 3.08. The molecule has 0 radical (unpaired) electrons. The first kappa shape index (κ1) is 12.7. The maximum Gasteiger partial charge on any atom is 0.225 e. The van der Waals surface area contributed by atoms with Gasteiger partial charge in [0.2, 0.25) is 5.95 Å². The molecule has 0 spiro atoms. The van der Waals surface area contributed by atoms with E-state index in [9.17, 15) is 0 Å². The Kier molecular flexibility index (Phi) is 3.29. The van der Waals surface area contributed by atoms with Crippen LogP contribution < -0.4 is 4.90 Å². The van der Waals surface area contributed by atoms with Crippen molar-refractivity contribution in [1.82, 2.24) is 24.7 Å². The zero-order valence-corrected chi connectivity index (χ0v) is 12.1. The molecule has 1 unspecified atom stereocenters. The second-order valence-electron chi connectivity index (χ2n) is 5.84. The van der Waals surface area contributed by atoms with Crippen LogP contribution in [0.4, 0.5) is 5.95 Å². The van der Waals surface area contributed by atoms with Crippen LogP contribution in [-0.4, -0.2) is 31.3 Å². The zero-order valence-electron chi connectivity index (χ0n) is 12.1. The van der Waals surface area contributed by atoms with Gasteiger partial charge in [-0.25, -0.2) is 9.97 Å². The molecular formula is C15H20N6. The Balaban J connectivity index is 1.68. The Morgan fingerprint density at radius 1 is 0.952 bits per heavy atom. The number of hydrogen-bond donors (Lipinski definition) is 0. The fourth-order valence-electron chi connectivity index (χ4n) is 3.47. The fourth-order valence-corrected chi connectivity index (χ4v) is 3.47. The predicted molar refractivity (Wildman–Crippen MR) is 78.9 cm³/mol. The molecule has 2 aromatic rings. The highest BCUT2D eigenvalue weighted by molar-refractivity contribution is 5.34. The Labute approximate surface area is 124 Å². The number of aromatic nitrogens is 5. The van der Waals surface area contributed by atoms with E-state index in [-0.39, 0.29) is 6.04 Å². The van der Waals surface area contributed by atoms with Gasteiger partial charge in [-0.1, -0.05) is 6.42 Å². The van der Waals surface area contributed by atoms with Crippen LogP contribution in [0.25, 0.3) is 0 Å². The van der Waals surface area contributed by atoms with E-state index >= 15 is 0 Å². The number of rotatable bonds is 2.